The molecule has 0 fully saturated rings. The molecule has 0 aliphatic rings. The Kier molecular flexibility index (Phi) is 5.34. The summed E-state index contributed by atoms with van der Waals surface area (Å²) in [6, 6.07) is 11.8. The molecule has 0 aliphatic carbocycles. The first-order chi connectivity index (χ1) is 10.2. The fourth-order valence-electron chi connectivity index (χ4n) is 2.10. The lowest BCUT2D eigenvalue weighted by molar-refractivity contribution is 0.309. The summed E-state index contributed by atoms with van der Waals surface area (Å²) in [5.41, 5.74) is 3.09. The zero-order valence-corrected chi connectivity index (χ0v) is 13.3. The van der Waals surface area contributed by atoms with Crippen LogP contribution in [0.3, 0.4) is 0 Å². The van der Waals surface area contributed by atoms with Gasteiger partial charge in [-0.15, -0.1) is 0 Å². The van der Waals surface area contributed by atoms with Crippen molar-refractivity contribution in [2.45, 2.75) is 20.4 Å². The number of benzene rings is 2. The molecule has 0 aromatic heterocycles. The summed E-state index contributed by atoms with van der Waals surface area (Å²) >= 11 is 6.14. The van der Waals surface area contributed by atoms with Crippen LogP contribution in [0.25, 0.3) is 0 Å². The lowest BCUT2D eigenvalue weighted by Crippen LogP contribution is -2.04. The largest absolute Gasteiger partial charge is 0.493 e. The van der Waals surface area contributed by atoms with E-state index in [0.717, 1.165) is 33.3 Å². The van der Waals surface area contributed by atoms with Gasteiger partial charge in [-0.05, 0) is 37.6 Å². The smallest absolute Gasteiger partial charge is 0.165 e. The molecule has 0 bridgehead atoms. The van der Waals surface area contributed by atoms with Crippen molar-refractivity contribution in [3.05, 3.63) is 52.5 Å². The average Bonchev–Trinajstić information content (AvgIpc) is 2.49. The molecule has 21 heavy (non-hydrogen) atoms. The third-order valence-electron chi connectivity index (χ3n) is 3.22. The van der Waals surface area contributed by atoms with Gasteiger partial charge in [-0.25, -0.2) is 0 Å². The number of rotatable bonds is 6. The Hall–Kier alpha value is -1.87. The SMILES string of the molecule is CCOc1cccc(CNc2ccc(C)c(Cl)c2)c1OC. The minimum Gasteiger partial charge on any atom is -0.493 e. The van der Waals surface area contributed by atoms with Crippen LogP contribution in [0, 0.1) is 6.92 Å². The molecule has 0 amide bonds. The van der Waals surface area contributed by atoms with Gasteiger partial charge in [-0.2, -0.15) is 0 Å². The van der Waals surface area contributed by atoms with Crippen molar-refractivity contribution >= 4 is 17.3 Å². The predicted octanol–water partition coefficient (Wildman–Crippen LogP) is 4.67. The van der Waals surface area contributed by atoms with E-state index < -0.39 is 0 Å². The van der Waals surface area contributed by atoms with E-state index in [2.05, 4.69) is 5.32 Å². The first kappa shape index (κ1) is 15.5. The minimum atomic E-state index is 0.612. The second-order valence-electron chi connectivity index (χ2n) is 4.70. The zero-order valence-electron chi connectivity index (χ0n) is 12.6. The summed E-state index contributed by atoms with van der Waals surface area (Å²) in [6.45, 7) is 5.20. The first-order valence-electron chi connectivity index (χ1n) is 6.94. The number of para-hydroxylation sites is 1. The highest BCUT2D eigenvalue weighted by Crippen LogP contribution is 2.31. The Morgan fingerprint density at radius 1 is 1.19 bits per heavy atom. The Morgan fingerprint density at radius 3 is 2.67 bits per heavy atom. The molecule has 0 atom stereocenters. The molecule has 112 valence electrons. The van der Waals surface area contributed by atoms with Crippen molar-refractivity contribution in [1.29, 1.82) is 0 Å². The Balaban J connectivity index is 2.15. The summed E-state index contributed by atoms with van der Waals surface area (Å²) in [5, 5.41) is 4.11. The fraction of sp³-hybridized carbons (Fsp3) is 0.294. The van der Waals surface area contributed by atoms with E-state index in [9.17, 15) is 0 Å². The molecule has 0 unspecified atom stereocenters. The number of aryl methyl sites for hydroxylation is 1. The molecule has 0 heterocycles. The van der Waals surface area contributed by atoms with Crippen LogP contribution in [-0.4, -0.2) is 13.7 Å². The van der Waals surface area contributed by atoms with E-state index in [1.54, 1.807) is 7.11 Å². The van der Waals surface area contributed by atoms with Gasteiger partial charge in [0.05, 0.1) is 13.7 Å². The van der Waals surface area contributed by atoms with E-state index in [-0.39, 0.29) is 0 Å². The van der Waals surface area contributed by atoms with Crippen LogP contribution in [0.15, 0.2) is 36.4 Å². The third kappa shape index (κ3) is 3.82. The highest BCUT2D eigenvalue weighted by Gasteiger charge is 2.09. The van der Waals surface area contributed by atoms with E-state index >= 15 is 0 Å². The highest BCUT2D eigenvalue weighted by atomic mass is 35.5. The van der Waals surface area contributed by atoms with Crippen LogP contribution in [0.1, 0.15) is 18.1 Å². The Labute approximate surface area is 130 Å². The summed E-state index contributed by atoms with van der Waals surface area (Å²) in [4.78, 5) is 0. The summed E-state index contributed by atoms with van der Waals surface area (Å²) < 4.78 is 11.1. The number of methoxy groups -OCH3 is 1. The number of nitrogens with one attached hydrogen (secondary N) is 1. The number of halogens is 1. The van der Waals surface area contributed by atoms with Gasteiger partial charge in [0.2, 0.25) is 0 Å². The van der Waals surface area contributed by atoms with Gasteiger partial charge in [-0.1, -0.05) is 29.8 Å². The molecular weight excluding hydrogens is 286 g/mol. The van der Waals surface area contributed by atoms with Crippen LogP contribution in [0.2, 0.25) is 5.02 Å². The quantitative estimate of drug-likeness (QED) is 0.841. The molecular formula is C17H20ClNO2. The van der Waals surface area contributed by atoms with E-state index in [4.69, 9.17) is 21.1 Å². The standard InChI is InChI=1S/C17H20ClNO2/c1-4-21-16-7-5-6-13(17(16)20-3)11-19-14-9-8-12(2)15(18)10-14/h5-10,19H,4,11H2,1-3H3. The predicted molar refractivity (Wildman–Crippen MR) is 87.7 cm³/mol. The maximum Gasteiger partial charge on any atom is 0.165 e. The number of hydrogen-bond donors (Lipinski definition) is 1. The second kappa shape index (κ2) is 7.23. The maximum atomic E-state index is 6.14. The molecule has 0 spiro atoms. The van der Waals surface area contributed by atoms with Gasteiger partial charge >= 0.3 is 0 Å². The average molecular weight is 306 g/mol. The summed E-state index contributed by atoms with van der Waals surface area (Å²) in [7, 11) is 1.66. The first-order valence-corrected chi connectivity index (χ1v) is 7.32. The fourth-order valence-corrected chi connectivity index (χ4v) is 2.28. The van der Waals surface area contributed by atoms with Crippen LogP contribution < -0.4 is 14.8 Å². The van der Waals surface area contributed by atoms with Crippen LogP contribution >= 0.6 is 11.6 Å². The van der Waals surface area contributed by atoms with Gasteiger partial charge in [0.15, 0.2) is 11.5 Å². The van der Waals surface area contributed by atoms with Crippen molar-refractivity contribution in [2.75, 3.05) is 19.0 Å². The molecule has 0 radical (unpaired) electrons. The van der Waals surface area contributed by atoms with Gasteiger partial charge < -0.3 is 14.8 Å². The van der Waals surface area contributed by atoms with Crippen molar-refractivity contribution < 1.29 is 9.47 Å². The molecule has 4 heteroatoms. The highest BCUT2D eigenvalue weighted by molar-refractivity contribution is 6.31. The van der Waals surface area contributed by atoms with Crippen molar-refractivity contribution in [3.8, 4) is 11.5 Å². The van der Waals surface area contributed by atoms with Crippen molar-refractivity contribution in [2.24, 2.45) is 0 Å². The molecule has 2 rings (SSSR count). The molecule has 0 saturated carbocycles. The molecule has 1 N–H and O–H groups in total. The number of ether oxygens (including phenoxy) is 2. The molecule has 2 aromatic rings. The lowest BCUT2D eigenvalue weighted by atomic mass is 10.1. The maximum absolute atomic E-state index is 6.14. The summed E-state index contributed by atoms with van der Waals surface area (Å²) in [6.07, 6.45) is 0. The van der Waals surface area contributed by atoms with Crippen molar-refractivity contribution in [3.63, 3.8) is 0 Å². The Bertz CT molecular complexity index is 614. The molecule has 0 saturated heterocycles. The molecule has 2 aromatic carbocycles. The number of hydrogen-bond acceptors (Lipinski definition) is 3. The van der Waals surface area contributed by atoms with Crippen LogP contribution in [0.4, 0.5) is 5.69 Å². The number of anilines is 1. The third-order valence-corrected chi connectivity index (χ3v) is 3.63. The van der Waals surface area contributed by atoms with E-state index in [0.29, 0.717) is 13.2 Å². The van der Waals surface area contributed by atoms with Gasteiger partial charge in [0.25, 0.3) is 0 Å². The Morgan fingerprint density at radius 2 is 2.00 bits per heavy atom. The van der Waals surface area contributed by atoms with Crippen LogP contribution in [-0.2, 0) is 6.54 Å². The lowest BCUT2D eigenvalue weighted by Gasteiger charge is -2.15. The van der Waals surface area contributed by atoms with E-state index in [1.165, 1.54) is 0 Å². The minimum absolute atomic E-state index is 0.612. The van der Waals surface area contributed by atoms with Crippen LogP contribution in [0.5, 0.6) is 11.5 Å². The topological polar surface area (TPSA) is 30.5 Å². The molecule has 3 nitrogen and oxygen atoms in total. The second-order valence-corrected chi connectivity index (χ2v) is 5.11. The van der Waals surface area contributed by atoms with Gasteiger partial charge in [-0.3, -0.25) is 0 Å². The van der Waals surface area contributed by atoms with Crippen molar-refractivity contribution in [1.82, 2.24) is 0 Å². The summed E-state index contributed by atoms with van der Waals surface area (Å²) in [5.74, 6) is 1.53. The normalized spacial score (nSPS) is 10.3. The van der Waals surface area contributed by atoms with Gasteiger partial charge in [0.1, 0.15) is 0 Å². The monoisotopic (exact) mass is 305 g/mol. The molecule has 0 aliphatic heterocycles. The van der Waals surface area contributed by atoms with E-state index in [1.807, 2.05) is 50.2 Å². The van der Waals surface area contributed by atoms with Gasteiger partial charge in [0, 0.05) is 22.8 Å². The zero-order chi connectivity index (χ0) is 15.2.